The van der Waals surface area contributed by atoms with Crippen LogP contribution in [-0.4, -0.2) is 13.2 Å². The third-order valence-corrected chi connectivity index (χ3v) is 3.11. The molecule has 90 valence electrons. The van der Waals surface area contributed by atoms with Crippen molar-refractivity contribution in [2.75, 3.05) is 13.2 Å². The SMILES string of the molecule is C#CCCCCNC1COCc2ccccc21. The number of hydrogen-bond acceptors (Lipinski definition) is 2. The van der Waals surface area contributed by atoms with Crippen LogP contribution in [0.3, 0.4) is 0 Å². The van der Waals surface area contributed by atoms with E-state index in [9.17, 15) is 0 Å². The summed E-state index contributed by atoms with van der Waals surface area (Å²) in [6.07, 6.45) is 8.32. The van der Waals surface area contributed by atoms with Gasteiger partial charge in [0.2, 0.25) is 0 Å². The summed E-state index contributed by atoms with van der Waals surface area (Å²) >= 11 is 0. The van der Waals surface area contributed by atoms with E-state index in [0.717, 1.165) is 39.0 Å². The lowest BCUT2D eigenvalue weighted by molar-refractivity contribution is 0.0821. The first kappa shape index (κ1) is 12.2. The molecule has 1 aromatic rings. The Morgan fingerprint density at radius 2 is 2.24 bits per heavy atom. The molecule has 0 bridgehead atoms. The summed E-state index contributed by atoms with van der Waals surface area (Å²) in [5, 5.41) is 3.54. The number of rotatable bonds is 5. The van der Waals surface area contributed by atoms with Gasteiger partial charge in [0.25, 0.3) is 0 Å². The standard InChI is InChI=1S/C15H19NO/c1-2-3-4-7-10-16-15-12-17-11-13-8-5-6-9-14(13)15/h1,5-6,8-9,15-16H,3-4,7,10-12H2. The van der Waals surface area contributed by atoms with E-state index in [4.69, 9.17) is 11.2 Å². The average molecular weight is 229 g/mol. The smallest absolute Gasteiger partial charge is 0.0721 e. The molecule has 1 aliphatic heterocycles. The monoisotopic (exact) mass is 229 g/mol. The Morgan fingerprint density at radius 1 is 1.35 bits per heavy atom. The summed E-state index contributed by atoms with van der Waals surface area (Å²) in [5.41, 5.74) is 2.69. The topological polar surface area (TPSA) is 21.3 Å². The highest BCUT2D eigenvalue weighted by Gasteiger charge is 2.18. The van der Waals surface area contributed by atoms with Crippen LogP contribution in [0.1, 0.15) is 36.4 Å². The number of ether oxygens (including phenoxy) is 1. The quantitative estimate of drug-likeness (QED) is 0.619. The van der Waals surface area contributed by atoms with Crippen LogP contribution >= 0.6 is 0 Å². The molecule has 0 aromatic heterocycles. The van der Waals surface area contributed by atoms with Crippen LogP contribution in [0, 0.1) is 12.3 Å². The Labute approximate surface area is 103 Å². The molecule has 1 N–H and O–H groups in total. The Bertz CT molecular complexity index is 394. The predicted octanol–water partition coefficient (Wildman–Crippen LogP) is 2.65. The van der Waals surface area contributed by atoms with Crippen LogP contribution in [0.5, 0.6) is 0 Å². The molecule has 2 rings (SSSR count). The molecular weight excluding hydrogens is 210 g/mol. The van der Waals surface area contributed by atoms with Crippen molar-refractivity contribution in [1.29, 1.82) is 0 Å². The van der Waals surface area contributed by atoms with Crippen molar-refractivity contribution in [2.24, 2.45) is 0 Å². The molecule has 2 nitrogen and oxygen atoms in total. The molecule has 0 spiro atoms. The van der Waals surface area contributed by atoms with Crippen molar-refractivity contribution < 1.29 is 4.74 Å². The largest absolute Gasteiger partial charge is 0.375 e. The van der Waals surface area contributed by atoms with Gasteiger partial charge in [0.1, 0.15) is 0 Å². The molecule has 0 saturated heterocycles. The van der Waals surface area contributed by atoms with Gasteiger partial charge in [0.05, 0.1) is 19.3 Å². The van der Waals surface area contributed by atoms with E-state index in [1.807, 2.05) is 0 Å². The van der Waals surface area contributed by atoms with Crippen molar-refractivity contribution in [2.45, 2.75) is 31.9 Å². The fourth-order valence-electron chi connectivity index (χ4n) is 2.18. The van der Waals surface area contributed by atoms with Gasteiger partial charge in [-0.3, -0.25) is 0 Å². The highest BCUT2D eigenvalue weighted by Crippen LogP contribution is 2.24. The van der Waals surface area contributed by atoms with Crippen LogP contribution in [-0.2, 0) is 11.3 Å². The summed E-state index contributed by atoms with van der Waals surface area (Å²) in [6.45, 7) is 2.52. The third kappa shape index (κ3) is 3.33. The number of fused-ring (bicyclic) bond motifs is 1. The third-order valence-electron chi connectivity index (χ3n) is 3.11. The zero-order chi connectivity index (χ0) is 11.9. The Hall–Kier alpha value is -1.30. The van der Waals surface area contributed by atoms with Crippen molar-refractivity contribution in [1.82, 2.24) is 5.32 Å². The minimum atomic E-state index is 0.339. The van der Waals surface area contributed by atoms with Gasteiger partial charge >= 0.3 is 0 Å². The highest BCUT2D eigenvalue weighted by molar-refractivity contribution is 5.30. The maximum atomic E-state index is 5.59. The van der Waals surface area contributed by atoms with Crippen LogP contribution in [0.25, 0.3) is 0 Å². The molecule has 0 aliphatic carbocycles. The minimum absolute atomic E-state index is 0.339. The fraction of sp³-hybridized carbons (Fsp3) is 0.467. The maximum absolute atomic E-state index is 5.59. The predicted molar refractivity (Wildman–Crippen MR) is 69.5 cm³/mol. The molecule has 1 atom stereocenters. The van der Waals surface area contributed by atoms with E-state index in [2.05, 4.69) is 35.5 Å². The average Bonchev–Trinajstić information content (AvgIpc) is 2.39. The second-order valence-corrected chi connectivity index (χ2v) is 4.38. The molecule has 1 unspecified atom stereocenters. The lowest BCUT2D eigenvalue weighted by Crippen LogP contribution is -2.30. The molecule has 1 aliphatic rings. The van der Waals surface area contributed by atoms with E-state index in [1.165, 1.54) is 11.1 Å². The van der Waals surface area contributed by atoms with E-state index < -0.39 is 0 Å². The molecular formula is C15H19NO. The second-order valence-electron chi connectivity index (χ2n) is 4.38. The van der Waals surface area contributed by atoms with Gasteiger partial charge < -0.3 is 10.1 Å². The van der Waals surface area contributed by atoms with Crippen molar-refractivity contribution in [3.05, 3.63) is 35.4 Å². The molecule has 2 heteroatoms. The summed E-state index contributed by atoms with van der Waals surface area (Å²) in [6, 6.07) is 8.83. The van der Waals surface area contributed by atoms with Crippen molar-refractivity contribution in [3.63, 3.8) is 0 Å². The first-order valence-electron chi connectivity index (χ1n) is 6.24. The minimum Gasteiger partial charge on any atom is -0.375 e. The number of hydrogen-bond donors (Lipinski definition) is 1. The highest BCUT2D eigenvalue weighted by atomic mass is 16.5. The van der Waals surface area contributed by atoms with Crippen LogP contribution in [0.2, 0.25) is 0 Å². The van der Waals surface area contributed by atoms with Gasteiger partial charge in [-0.05, 0) is 30.5 Å². The summed E-state index contributed by atoms with van der Waals surface area (Å²) in [5.74, 6) is 2.67. The first-order valence-corrected chi connectivity index (χ1v) is 6.24. The number of nitrogens with one attached hydrogen (secondary N) is 1. The van der Waals surface area contributed by atoms with E-state index in [1.54, 1.807) is 0 Å². The van der Waals surface area contributed by atoms with Crippen LogP contribution < -0.4 is 5.32 Å². The summed E-state index contributed by atoms with van der Waals surface area (Å²) in [7, 11) is 0. The Balaban J connectivity index is 1.84. The van der Waals surface area contributed by atoms with Crippen LogP contribution in [0.4, 0.5) is 0 Å². The maximum Gasteiger partial charge on any atom is 0.0721 e. The molecule has 1 aromatic carbocycles. The molecule has 1 heterocycles. The number of terminal acetylenes is 1. The molecule has 0 saturated carbocycles. The van der Waals surface area contributed by atoms with Gasteiger partial charge in [-0.15, -0.1) is 12.3 Å². The molecule has 17 heavy (non-hydrogen) atoms. The zero-order valence-corrected chi connectivity index (χ0v) is 10.1. The Kier molecular flexibility index (Phi) is 4.61. The zero-order valence-electron chi connectivity index (χ0n) is 10.1. The molecule has 0 amide bonds. The van der Waals surface area contributed by atoms with Crippen molar-refractivity contribution in [3.8, 4) is 12.3 Å². The fourth-order valence-corrected chi connectivity index (χ4v) is 2.18. The van der Waals surface area contributed by atoms with Crippen molar-refractivity contribution >= 4 is 0 Å². The number of benzene rings is 1. The van der Waals surface area contributed by atoms with Crippen LogP contribution in [0.15, 0.2) is 24.3 Å². The van der Waals surface area contributed by atoms with E-state index in [0.29, 0.717) is 6.04 Å². The molecule has 0 radical (unpaired) electrons. The van der Waals surface area contributed by atoms with Gasteiger partial charge in [0, 0.05) is 6.42 Å². The lowest BCUT2D eigenvalue weighted by Gasteiger charge is -2.26. The van der Waals surface area contributed by atoms with E-state index in [-0.39, 0.29) is 0 Å². The van der Waals surface area contributed by atoms with Gasteiger partial charge in [-0.1, -0.05) is 24.3 Å². The number of unbranched alkanes of at least 4 members (excludes halogenated alkanes) is 2. The summed E-state index contributed by atoms with van der Waals surface area (Å²) in [4.78, 5) is 0. The first-order chi connectivity index (χ1) is 8.42. The molecule has 0 fully saturated rings. The Morgan fingerprint density at radius 3 is 3.12 bits per heavy atom. The van der Waals surface area contributed by atoms with Gasteiger partial charge in [-0.25, -0.2) is 0 Å². The van der Waals surface area contributed by atoms with Gasteiger partial charge in [-0.2, -0.15) is 0 Å². The lowest BCUT2D eigenvalue weighted by atomic mass is 9.99. The summed E-state index contributed by atoms with van der Waals surface area (Å²) < 4.78 is 5.59. The normalized spacial score (nSPS) is 18.4. The van der Waals surface area contributed by atoms with E-state index >= 15 is 0 Å². The van der Waals surface area contributed by atoms with Gasteiger partial charge in [0.15, 0.2) is 0 Å². The second kappa shape index (κ2) is 6.44.